The minimum absolute atomic E-state index is 1.17. The van der Waals surface area contributed by atoms with E-state index in [-0.39, 0.29) is 0 Å². The maximum atomic E-state index is 2.67. The lowest BCUT2D eigenvalue weighted by Crippen LogP contribution is -2.28. The van der Waals surface area contributed by atoms with E-state index >= 15 is 0 Å². The summed E-state index contributed by atoms with van der Waals surface area (Å²) in [5.41, 5.74) is 3.32. The molecule has 1 heteroatoms. The molecule has 0 radical (unpaired) electrons. The van der Waals surface area contributed by atoms with E-state index < -0.39 is 8.07 Å². The van der Waals surface area contributed by atoms with Crippen LogP contribution in [-0.2, 0) is 6.04 Å². The molecule has 1 aromatic carbocycles. The predicted molar refractivity (Wildman–Crippen MR) is 111 cm³/mol. The molecule has 1 aliphatic rings. The Labute approximate surface area is 151 Å². The van der Waals surface area contributed by atoms with Crippen LogP contribution in [0.25, 0.3) is 0 Å². The minimum Gasteiger partial charge on any atom is -0.0880 e. The van der Waals surface area contributed by atoms with Crippen LogP contribution in [0.4, 0.5) is 0 Å². The summed E-state index contributed by atoms with van der Waals surface area (Å²) in [5.74, 6) is 0. The van der Waals surface area contributed by atoms with Crippen LogP contribution < -0.4 is 0 Å². The molecule has 0 heterocycles. The summed E-state index contributed by atoms with van der Waals surface area (Å²) in [4.78, 5) is 0. The number of benzene rings is 1. The van der Waals surface area contributed by atoms with Gasteiger partial charge < -0.3 is 0 Å². The van der Waals surface area contributed by atoms with Gasteiger partial charge in [-0.15, -0.1) is 0 Å². The fourth-order valence-corrected chi connectivity index (χ4v) is 6.24. The summed E-state index contributed by atoms with van der Waals surface area (Å²) >= 11 is 0. The van der Waals surface area contributed by atoms with Gasteiger partial charge in [0.2, 0.25) is 0 Å². The molecule has 1 aliphatic carbocycles. The van der Waals surface area contributed by atoms with Gasteiger partial charge in [0.05, 0.1) is 8.07 Å². The highest BCUT2D eigenvalue weighted by Crippen LogP contribution is 2.24. The van der Waals surface area contributed by atoms with Crippen molar-refractivity contribution in [2.45, 2.75) is 95.8 Å². The Morgan fingerprint density at radius 3 is 1.79 bits per heavy atom. The van der Waals surface area contributed by atoms with Crippen molar-refractivity contribution >= 4 is 8.07 Å². The monoisotopic (exact) mass is 342 g/mol. The van der Waals surface area contributed by atoms with Crippen LogP contribution in [0.1, 0.15) is 76.2 Å². The Morgan fingerprint density at radius 2 is 1.25 bits per heavy atom. The zero-order chi connectivity index (χ0) is 17.1. The Balaban J connectivity index is 1.87. The van der Waals surface area contributed by atoms with Gasteiger partial charge in [0.15, 0.2) is 0 Å². The van der Waals surface area contributed by atoms with E-state index in [2.05, 4.69) is 49.5 Å². The molecule has 1 aromatic rings. The standard InChI is InChI=1S/C23H38Si/c1-24(2,21-23-17-13-10-14-18-23)20-19-22-15-11-8-6-4-3-5-7-9-12-16-22/h10,13-14,17-19H,3-9,11-12,15-16,20-21H2,1-2H3. The lowest BCUT2D eigenvalue weighted by Gasteiger charge is -2.22. The van der Waals surface area contributed by atoms with E-state index in [0.717, 1.165) is 0 Å². The number of hydrogen-bond acceptors (Lipinski definition) is 0. The van der Waals surface area contributed by atoms with Crippen molar-refractivity contribution in [2.75, 3.05) is 0 Å². The normalized spacial score (nSPS) is 18.5. The second-order valence-corrected chi connectivity index (χ2v) is 13.7. The molecule has 0 unspecified atom stereocenters. The molecule has 2 rings (SSSR count). The average molecular weight is 343 g/mol. The highest BCUT2D eigenvalue weighted by atomic mass is 28.3. The summed E-state index contributed by atoms with van der Waals surface area (Å²) in [6.07, 6.45) is 18.5. The number of allylic oxidation sites excluding steroid dienone is 2. The molecule has 24 heavy (non-hydrogen) atoms. The maximum Gasteiger partial charge on any atom is 0.0555 e. The predicted octanol–water partition coefficient (Wildman–Crippen LogP) is 7.71. The van der Waals surface area contributed by atoms with Crippen LogP contribution in [0.5, 0.6) is 0 Å². The van der Waals surface area contributed by atoms with Gasteiger partial charge in [-0.05, 0) is 37.8 Å². The van der Waals surface area contributed by atoms with Crippen molar-refractivity contribution in [1.29, 1.82) is 0 Å². The molecule has 0 spiro atoms. The number of hydrogen-bond donors (Lipinski definition) is 0. The van der Waals surface area contributed by atoms with Crippen LogP contribution in [0.2, 0.25) is 19.1 Å². The highest BCUT2D eigenvalue weighted by molar-refractivity contribution is 6.77. The van der Waals surface area contributed by atoms with E-state index in [1.165, 1.54) is 88.3 Å². The van der Waals surface area contributed by atoms with E-state index in [1.54, 1.807) is 5.57 Å². The molecular weight excluding hydrogens is 304 g/mol. The summed E-state index contributed by atoms with van der Waals surface area (Å²) in [7, 11) is -1.17. The first-order chi connectivity index (χ1) is 11.7. The molecular formula is C23H38Si. The third-order valence-corrected chi connectivity index (χ3v) is 8.14. The van der Waals surface area contributed by atoms with Gasteiger partial charge >= 0.3 is 0 Å². The van der Waals surface area contributed by atoms with Crippen LogP contribution >= 0.6 is 0 Å². The third-order valence-electron chi connectivity index (χ3n) is 5.46. The molecule has 0 aliphatic heterocycles. The Hall–Kier alpha value is -0.823. The molecule has 1 saturated carbocycles. The maximum absolute atomic E-state index is 2.67. The quantitative estimate of drug-likeness (QED) is 0.388. The summed E-state index contributed by atoms with van der Waals surface area (Å²) < 4.78 is 0. The van der Waals surface area contributed by atoms with Gasteiger partial charge in [0.1, 0.15) is 0 Å². The second kappa shape index (κ2) is 10.9. The van der Waals surface area contributed by atoms with Gasteiger partial charge in [0, 0.05) is 0 Å². The summed E-state index contributed by atoms with van der Waals surface area (Å²) in [6, 6.07) is 13.8. The molecule has 0 N–H and O–H groups in total. The topological polar surface area (TPSA) is 0 Å². The third kappa shape index (κ3) is 8.33. The Kier molecular flexibility index (Phi) is 8.87. The Bertz CT molecular complexity index is 458. The first kappa shape index (κ1) is 19.5. The molecule has 0 amide bonds. The molecule has 134 valence electrons. The fourth-order valence-electron chi connectivity index (χ4n) is 3.91. The van der Waals surface area contributed by atoms with Gasteiger partial charge in [-0.3, -0.25) is 0 Å². The van der Waals surface area contributed by atoms with Crippen molar-refractivity contribution in [3.8, 4) is 0 Å². The first-order valence-corrected chi connectivity index (χ1v) is 13.8. The molecule has 0 atom stereocenters. The van der Waals surface area contributed by atoms with E-state index in [0.29, 0.717) is 0 Å². The smallest absolute Gasteiger partial charge is 0.0555 e. The SMILES string of the molecule is C[Si](C)(CC=C1CCCCCCCCCCC1)Cc1ccccc1. The van der Waals surface area contributed by atoms with Crippen LogP contribution in [-0.4, -0.2) is 8.07 Å². The summed E-state index contributed by atoms with van der Waals surface area (Å²) in [6.45, 7) is 5.12. The average Bonchev–Trinajstić information content (AvgIpc) is 2.55. The van der Waals surface area contributed by atoms with Crippen LogP contribution in [0.3, 0.4) is 0 Å². The zero-order valence-corrected chi connectivity index (χ0v) is 17.2. The highest BCUT2D eigenvalue weighted by Gasteiger charge is 2.19. The van der Waals surface area contributed by atoms with Crippen molar-refractivity contribution in [1.82, 2.24) is 0 Å². The minimum atomic E-state index is -1.17. The van der Waals surface area contributed by atoms with Crippen molar-refractivity contribution < 1.29 is 0 Å². The van der Waals surface area contributed by atoms with Gasteiger partial charge in [-0.25, -0.2) is 0 Å². The van der Waals surface area contributed by atoms with E-state index in [4.69, 9.17) is 0 Å². The van der Waals surface area contributed by atoms with Gasteiger partial charge in [-0.2, -0.15) is 0 Å². The van der Waals surface area contributed by atoms with Crippen LogP contribution in [0.15, 0.2) is 42.0 Å². The van der Waals surface area contributed by atoms with Crippen molar-refractivity contribution in [3.05, 3.63) is 47.5 Å². The van der Waals surface area contributed by atoms with E-state index in [1.807, 2.05) is 0 Å². The zero-order valence-electron chi connectivity index (χ0n) is 16.2. The molecule has 0 saturated heterocycles. The second-order valence-electron chi connectivity index (χ2n) is 8.58. The molecule has 1 fully saturated rings. The summed E-state index contributed by atoms with van der Waals surface area (Å²) in [5, 5.41) is 0. The first-order valence-electron chi connectivity index (χ1n) is 10.4. The lowest BCUT2D eigenvalue weighted by molar-refractivity contribution is 0.540. The van der Waals surface area contributed by atoms with E-state index in [9.17, 15) is 0 Å². The Morgan fingerprint density at radius 1 is 0.750 bits per heavy atom. The molecule has 0 nitrogen and oxygen atoms in total. The van der Waals surface area contributed by atoms with Crippen molar-refractivity contribution in [2.24, 2.45) is 0 Å². The van der Waals surface area contributed by atoms with Crippen molar-refractivity contribution in [3.63, 3.8) is 0 Å². The largest absolute Gasteiger partial charge is 0.0880 e. The molecule has 0 bridgehead atoms. The van der Waals surface area contributed by atoms with Crippen LogP contribution in [0, 0.1) is 0 Å². The van der Waals surface area contributed by atoms with Gasteiger partial charge in [0.25, 0.3) is 0 Å². The van der Waals surface area contributed by atoms with Gasteiger partial charge in [-0.1, -0.05) is 106 Å². The fraction of sp³-hybridized carbons (Fsp3) is 0.652. The molecule has 0 aromatic heterocycles. The lowest BCUT2D eigenvalue weighted by atomic mass is 9.97. The number of rotatable bonds is 4.